The van der Waals surface area contributed by atoms with Crippen molar-refractivity contribution in [1.82, 2.24) is 8.61 Å². The van der Waals surface area contributed by atoms with E-state index in [0.29, 0.717) is 19.6 Å². The second kappa shape index (κ2) is 4.76. The van der Waals surface area contributed by atoms with E-state index in [1.165, 1.54) is 9.87 Å². The molecule has 0 saturated carbocycles. The fraction of sp³-hybridized carbons (Fsp3) is 0.500. The Morgan fingerprint density at radius 3 is 2.47 bits per heavy atom. The van der Waals surface area contributed by atoms with Gasteiger partial charge < -0.3 is 0 Å². The van der Waals surface area contributed by atoms with E-state index < -0.39 is 10.2 Å². The van der Waals surface area contributed by atoms with Gasteiger partial charge in [-0.25, -0.2) is 0 Å². The summed E-state index contributed by atoms with van der Waals surface area (Å²) in [6, 6.07) is 7.99. The average molecular weight is 254 g/mol. The van der Waals surface area contributed by atoms with Gasteiger partial charge in [-0.1, -0.05) is 29.8 Å². The van der Waals surface area contributed by atoms with Crippen molar-refractivity contribution in [2.75, 3.05) is 20.1 Å². The highest BCUT2D eigenvalue weighted by Gasteiger charge is 2.30. The summed E-state index contributed by atoms with van der Waals surface area (Å²) in [5.74, 6) is 0. The van der Waals surface area contributed by atoms with Crippen LogP contribution in [0.5, 0.6) is 0 Å². The van der Waals surface area contributed by atoms with Crippen LogP contribution in [0, 0.1) is 6.92 Å². The Morgan fingerprint density at radius 2 is 1.82 bits per heavy atom. The third kappa shape index (κ3) is 2.68. The van der Waals surface area contributed by atoms with Gasteiger partial charge in [-0.05, 0) is 18.9 Å². The first-order chi connectivity index (χ1) is 8.00. The molecule has 2 rings (SSSR count). The van der Waals surface area contributed by atoms with Gasteiger partial charge in [0.05, 0.1) is 0 Å². The molecule has 0 atom stereocenters. The Bertz CT molecular complexity index is 482. The third-order valence-electron chi connectivity index (χ3n) is 3.08. The summed E-state index contributed by atoms with van der Waals surface area (Å²) in [6.07, 6.45) is 0.890. The van der Waals surface area contributed by atoms with Crippen molar-refractivity contribution in [3.05, 3.63) is 35.4 Å². The van der Waals surface area contributed by atoms with Gasteiger partial charge in [0.25, 0.3) is 10.2 Å². The molecule has 0 N–H and O–H groups in total. The van der Waals surface area contributed by atoms with Crippen LogP contribution >= 0.6 is 0 Å². The predicted molar refractivity (Wildman–Crippen MR) is 67.8 cm³/mol. The van der Waals surface area contributed by atoms with Crippen LogP contribution in [0.25, 0.3) is 0 Å². The molecule has 1 saturated heterocycles. The second-order valence-electron chi connectivity index (χ2n) is 4.50. The number of hydrogen-bond acceptors (Lipinski definition) is 2. The zero-order chi connectivity index (χ0) is 12.5. The van der Waals surface area contributed by atoms with Gasteiger partial charge in [0, 0.05) is 26.7 Å². The molecular weight excluding hydrogens is 236 g/mol. The molecule has 17 heavy (non-hydrogen) atoms. The number of rotatable bonds is 2. The lowest BCUT2D eigenvalue weighted by atomic mass is 10.1. The zero-order valence-electron chi connectivity index (χ0n) is 10.3. The van der Waals surface area contributed by atoms with E-state index in [9.17, 15) is 8.42 Å². The molecule has 0 radical (unpaired) electrons. The first-order valence-corrected chi connectivity index (χ1v) is 7.17. The standard InChI is InChI=1S/C12H18N2O2S/c1-11-4-6-12(7-5-11)10-14-9-3-8-13(2)17(14,15)16/h4-7H,3,8-10H2,1-2H3. The van der Waals surface area contributed by atoms with Gasteiger partial charge in [0.15, 0.2) is 0 Å². The summed E-state index contributed by atoms with van der Waals surface area (Å²) in [6.45, 7) is 3.72. The summed E-state index contributed by atoms with van der Waals surface area (Å²) in [4.78, 5) is 0. The lowest BCUT2D eigenvalue weighted by Gasteiger charge is -2.32. The maximum atomic E-state index is 12.0. The van der Waals surface area contributed by atoms with Crippen molar-refractivity contribution in [1.29, 1.82) is 0 Å². The van der Waals surface area contributed by atoms with Crippen LogP contribution in [-0.4, -0.2) is 37.2 Å². The zero-order valence-corrected chi connectivity index (χ0v) is 11.1. The number of benzene rings is 1. The van der Waals surface area contributed by atoms with Crippen LogP contribution in [0.3, 0.4) is 0 Å². The molecule has 0 aliphatic carbocycles. The van der Waals surface area contributed by atoms with Crippen LogP contribution in [0.4, 0.5) is 0 Å². The van der Waals surface area contributed by atoms with Gasteiger partial charge >= 0.3 is 0 Å². The molecule has 1 heterocycles. The Labute approximate surface area is 103 Å². The first-order valence-electron chi connectivity index (χ1n) is 5.77. The van der Waals surface area contributed by atoms with E-state index in [1.54, 1.807) is 11.4 Å². The molecule has 0 spiro atoms. The van der Waals surface area contributed by atoms with Crippen molar-refractivity contribution < 1.29 is 8.42 Å². The summed E-state index contributed by atoms with van der Waals surface area (Å²) in [5, 5.41) is 0. The fourth-order valence-electron chi connectivity index (χ4n) is 1.96. The number of hydrogen-bond donors (Lipinski definition) is 0. The highest BCUT2D eigenvalue weighted by molar-refractivity contribution is 7.86. The van der Waals surface area contributed by atoms with Crippen LogP contribution in [-0.2, 0) is 16.8 Å². The molecule has 0 aromatic heterocycles. The lowest BCUT2D eigenvalue weighted by molar-refractivity contribution is 0.303. The van der Waals surface area contributed by atoms with Crippen molar-refractivity contribution in [2.24, 2.45) is 0 Å². The minimum atomic E-state index is -3.24. The molecule has 94 valence electrons. The summed E-state index contributed by atoms with van der Waals surface area (Å²) in [5.41, 5.74) is 2.22. The monoisotopic (exact) mass is 254 g/mol. The molecule has 0 bridgehead atoms. The SMILES string of the molecule is Cc1ccc(CN2CCCN(C)S2(=O)=O)cc1. The predicted octanol–water partition coefficient (Wildman–Crippen LogP) is 1.38. The van der Waals surface area contributed by atoms with E-state index in [2.05, 4.69) is 0 Å². The quantitative estimate of drug-likeness (QED) is 0.800. The first kappa shape index (κ1) is 12.5. The lowest BCUT2D eigenvalue weighted by Crippen LogP contribution is -2.47. The van der Waals surface area contributed by atoms with Gasteiger partial charge in [-0.3, -0.25) is 0 Å². The normalized spacial score (nSPS) is 21.5. The maximum absolute atomic E-state index is 12.0. The minimum absolute atomic E-state index is 0.465. The molecular formula is C12H18N2O2S. The molecule has 0 unspecified atom stereocenters. The number of nitrogens with zero attached hydrogens (tertiary/aromatic N) is 2. The smallest absolute Gasteiger partial charge is 0.195 e. The van der Waals surface area contributed by atoms with Crippen molar-refractivity contribution >= 4 is 10.2 Å². The third-order valence-corrected chi connectivity index (χ3v) is 5.01. The molecule has 1 aliphatic heterocycles. The molecule has 1 aromatic rings. The average Bonchev–Trinajstić information content (AvgIpc) is 2.28. The van der Waals surface area contributed by atoms with Crippen LogP contribution in [0.1, 0.15) is 17.5 Å². The van der Waals surface area contributed by atoms with E-state index in [0.717, 1.165) is 12.0 Å². The Morgan fingerprint density at radius 1 is 1.18 bits per heavy atom. The molecule has 5 heteroatoms. The second-order valence-corrected chi connectivity index (χ2v) is 6.54. The Hall–Kier alpha value is -0.910. The molecule has 1 aromatic carbocycles. The largest absolute Gasteiger partial charge is 0.282 e. The highest BCUT2D eigenvalue weighted by atomic mass is 32.2. The molecule has 1 aliphatic rings. The van der Waals surface area contributed by atoms with Gasteiger partial charge in [0.1, 0.15) is 0 Å². The minimum Gasteiger partial charge on any atom is -0.195 e. The summed E-state index contributed by atoms with van der Waals surface area (Å²) in [7, 11) is -1.61. The van der Waals surface area contributed by atoms with E-state index in [4.69, 9.17) is 0 Å². The number of aryl methyl sites for hydroxylation is 1. The fourth-order valence-corrected chi connectivity index (χ4v) is 3.38. The highest BCUT2D eigenvalue weighted by Crippen LogP contribution is 2.17. The Kier molecular flexibility index (Phi) is 3.51. The van der Waals surface area contributed by atoms with Gasteiger partial charge in [-0.2, -0.15) is 17.0 Å². The van der Waals surface area contributed by atoms with Crippen LogP contribution < -0.4 is 0 Å². The van der Waals surface area contributed by atoms with Crippen molar-refractivity contribution in [2.45, 2.75) is 19.9 Å². The maximum Gasteiger partial charge on any atom is 0.282 e. The summed E-state index contributed by atoms with van der Waals surface area (Å²) >= 11 is 0. The van der Waals surface area contributed by atoms with E-state index in [1.807, 2.05) is 31.2 Å². The topological polar surface area (TPSA) is 40.6 Å². The van der Waals surface area contributed by atoms with E-state index >= 15 is 0 Å². The molecule has 1 fully saturated rings. The Balaban J connectivity index is 2.15. The van der Waals surface area contributed by atoms with Crippen LogP contribution in [0.15, 0.2) is 24.3 Å². The van der Waals surface area contributed by atoms with Gasteiger partial charge in [-0.15, -0.1) is 0 Å². The van der Waals surface area contributed by atoms with Crippen LogP contribution in [0.2, 0.25) is 0 Å². The summed E-state index contributed by atoms with van der Waals surface area (Å²) < 4.78 is 27.0. The van der Waals surface area contributed by atoms with Gasteiger partial charge in [0.2, 0.25) is 0 Å². The molecule has 0 amide bonds. The van der Waals surface area contributed by atoms with Crippen molar-refractivity contribution in [3.8, 4) is 0 Å². The molecule has 4 nitrogen and oxygen atoms in total. The van der Waals surface area contributed by atoms with E-state index in [-0.39, 0.29) is 0 Å². The van der Waals surface area contributed by atoms with Crippen molar-refractivity contribution in [3.63, 3.8) is 0 Å².